The average Bonchev–Trinajstić information content (AvgIpc) is 2.85. The van der Waals surface area contributed by atoms with Crippen molar-refractivity contribution in [3.63, 3.8) is 0 Å². The van der Waals surface area contributed by atoms with Gasteiger partial charge in [0.05, 0.1) is 12.0 Å². The Hall–Kier alpha value is -1.65. The molecular weight excluding hydrogens is 216 g/mol. The maximum absolute atomic E-state index is 9.75. The quantitative estimate of drug-likeness (QED) is 0.825. The second-order valence-electron chi connectivity index (χ2n) is 3.99. The molecule has 17 heavy (non-hydrogen) atoms. The summed E-state index contributed by atoms with van der Waals surface area (Å²) in [6, 6.07) is 7.52. The third-order valence-corrected chi connectivity index (χ3v) is 2.49. The Morgan fingerprint density at radius 1 is 1.41 bits per heavy atom. The summed E-state index contributed by atoms with van der Waals surface area (Å²) in [4.78, 5) is 4.27. The van der Waals surface area contributed by atoms with Crippen LogP contribution in [-0.4, -0.2) is 16.6 Å². The lowest BCUT2D eigenvalue weighted by molar-refractivity contribution is 0.147. The molecule has 4 heteroatoms. The Kier molecular flexibility index (Phi) is 3.90. The van der Waals surface area contributed by atoms with E-state index in [-0.39, 0.29) is 0 Å². The number of furan rings is 1. The first-order valence-corrected chi connectivity index (χ1v) is 5.59. The second kappa shape index (κ2) is 5.61. The smallest absolute Gasteiger partial charge is 0.133 e. The SMILES string of the molecule is Cc1ccc(CNCC(O)c2ccco2)nc1. The topological polar surface area (TPSA) is 58.3 Å². The number of nitrogens with one attached hydrogen (secondary N) is 1. The van der Waals surface area contributed by atoms with Gasteiger partial charge in [-0.25, -0.2) is 0 Å². The van der Waals surface area contributed by atoms with E-state index in [0.717, 1.165) is 11.3 Å². The van der Waals surface area contributed by atoms with Gasteiger partial charge in [0.25, 0.3) is 0 Å². The van der Waals surface area contributed by atoms with Gasteiger partial charge in [0.2, 0.25) is 0 Å². The summed E-state index contributed by atoms with van der Waals surface area (Å²) >= 11 is 0. The van der Waals surface area contributed by atoms with Gasteiger partial charge in [-0.3, -0.25) is 4.98 Å². The van der Waals surface area contributed by atoms with E-state index in [9.17, 15) is 5.11 Å². The molecule has 1 atom stereocenters. The Morgan fingerprint density at radius 2 is 2.29 bits per heavy atom. The van der Waals surface area contributed by atoms with E-state index < -0.39 is 6.10 Å². The standard InChI is InChI=1S/C13H16N2O2/c1-10-4-5-11(15-7-10)8-14-9-12(16)13-3-2-6-17-13/h2-7,12,14,16H,8-9H2,1H3. The Morgan fingerprint density at radius 3 is 2.94 bits per heavy atom. The molecule has 2 aromatic heterocycles. The molecule has 2 aromatic rings. The van der Waals surface area contributed by atoms with Gasteiger partial charge in [-0.05, 0) is 30.7 Å². The van der Waals surface area contributed by atoms with Crippen molar-refractivity contribution in [1.82, 2.24) is 10.3 Å². The van der Waals surface area contributed by atoms with Gasteiger partial charge in [0, 0.05) is 19.3 Å². The van der Waals surface area contributed by atoms with Crippen LogP contribution in [0.5, 0.6) is 0 Å². The summed E-state index contributed by atoms with van der Waals surface area (Å²) in [6.07, 6.45) is 2.77. The molecule has 0 aliphatic heterocycles. The number of rotatable bonds is 5. The van der Waals surface area contributed by atoms with Crippen molar-refractivity contribution < 1.29 is 9.52 Å². The van der Waals surface area contributed by atoms with Gasteiger partial charge in [-0.15, -0.1) is 0 Å². The highest BCUT2D eigenvalue weighted by molar-refractivity contribution is 5.12. The van der Waals surface area contributed by atoms with Crippen LogP contribution in [0.2, 0.25) is 0 Å². The van der Waals surface area contributed by atoms with E-state index in [0.29, 0.717) is 18.8 Å². The molecule has 0 saturated heterocycles. The number of pyridine rings is 1. The molecular formula is C13H16N2O2. The van der Waals surface area contributed by atoms with E-state index >= 15 is 0 Å². The van der Waals surface area contributed by atoms with E-state index in [1.54, 1.807) is 18.4 Å². The Labute approximate surface area is 100 Å². The maximum Gasteiger partial charge on any atom is 0.133 e. The molecule has 0 aromatic carbocycles. The van der Waals surface area contributed by atoms with Crippen molar-refractivity contribution in [3.8, 4) is 0 Å². The maximum atomic E-state index is 9.75. The molecule has 1 unspecified atom stereocenters. The molecule has 0 radical (unpaired) electrons. The molecule has 2 rings (SSSR count). The molecule has 0 fully saturated rings. The van der Waals surface area contributed by atoms with Crippen molar-refractivity contribution in [1.29, 1.82) is 0 Å². The van der Waals surface area contributed by atoms with Crippen LogP contribution in [0.1, 0.15) is 23.1 Å². The number of hydrogen-bond donors (Lipinski definition) is 2. The summed E-state index contributed by atoms with van der Waals surface area (Å²) in [5.74, 6) is 0.578. The van der Waals surface area contributed by atoms with Crippen molar-refractivity contribution in [2.75, 3.05) is 6.54 Å². The summed E-state index contributed by atoms with van der Waals surface area (Å²) in [5, 5.41) is 12.9. The minimum atomic E-state index is -0.615. The van der Waals surface area contributed by atoms with Crippen LogP contribution in [-0.2, 0) is 6.54 Å². The van der Waals surface area contributed by atoms with Crippen molar-refractivity contribution >= 4 is 0 Å². The molecule has 2 N–H and O–H groups in total. The summed E-state index contributed by atoms with van der Waals surface area (Å²) < 4.78 is 5.11. The fourth-order valence-corrected chi connectivity index (χ4v) is 1.52. The molecule has 0 bridgehead atoms. The lowest BCUT2D eigenvalue weighted by Crippen LogP contribution is -2.21. The van der Waals surface area contributed by atoms with Crippen LogP contribution in [0, 0.1) is 6.92 Å². The second-order valence-corrected chi connectivity index (χ2v) is 3.99. The van der Waals surface area contributed by atoms with Crippen LogP contribution >= 0.6 is 0 Å². The van der Waals surface area contributed by atoms with E-state index in [4.69, 9.17) is 4.42 Å². The zero-order chi connectivity index (χ0) is 12.1. The van der Waals surface area contributed by atoms with Crippen molar-refractivity contribution in [3.05, 3.63) is 53.7 Å². The van der Waals surface area contributed by atoms with Gasteiger partial charge >= 0.3 is 0 Å². The molecule has 0 saturated carbocycles. The fraction of sp³-hybridized carbons (Fsp3) is 0.308. The number of aryl methyl sites for hydroxylation is 1. The van der Waals surface area contributed by atoms with Crippen molar-refractivity contribution in [2.45, 2.75) is 19.6 Å². The minimum Gasteiger partial charge on any atom is -0.467 e. The lowest BCUT2D eigenvalue weighted by Gasteiger charge is -2.09. The van der Waals surface area contributed by atoms with Gasteiger partial charge in [0.1, 0.15) is 11.9 Å². The Bertz CT molecular complexity index is 437. The number of nitrogens with zero attached hydrogens (tertiary/aromatic N) is 1. The third-order valence-electron chi connectivity index (χ3n) is 2.49. The molecule has 0 aliphatic carbocycles. The van der Waals surface area contributed by atoms with Crippen LogP contribution in [0.25, 0.3) is 0 Å². The lowest BCUT2D eigenvalue weighted by atomic mass is 10.2. The summed E-state index contributed by atoms with van der Waals surface area (Å²) in [7, 11) is 0. The molecule has 90 valence electrons. The molecule has 0 amide bonds. The normalized spacial score (nSPS) is 12.6. The first-order valence-electron chi connectivity index (χ1n) is 5.59. The number of aromatic nitrogens is 1. The van der Waals surface area contributed by atoms with Gasteiger partial charge < -0.3 is 14.8 Å². The van der Waals surface area contributed by atoms with Crippen LogP contribution < -0.4 is 5.32 Å². The summed E-state index contributed by atoms with van der Waals surface area (Å²) in [5.41, 5.74) is 2.10. The van der Waals surface area contributed by atoms with Gasteiger partial charge in [0.15, 0.2) is 0 Å². The van der Waals surface area contributed by atoms with Gasteiger partial charge in [-0.2, -0.15) is 0 Å². The van der Waals surface area contributed by atoms with E-state index in [1.807, 2.05) is 25.3 Å². The molecule has 0 aliphatic rings. The summed E-state index contributed by atoms with van der Waals surface area (Å²) in [6.45, 7) is 3.09. The van der Waals surface area contributed by atoms with Gasteiger partial charge in [-0.1, -0.05) is 6.07 Å². The molecule has 0 spiro atoms. The van der Waals surface area contributed by atoms with E-state index in [2.05, 4.69) is 10.3 Å². The third kappa shape index (κ3) is 3.41. The predicted octanol–water partition coefficient (Wildman–Crippen LogP) is 1.81. The number of aliphatic hydroxyl groups is 1. The zero-order valence-electron chi connectivity index (χ0n) is 9.76. The first kappa shape index (κ1) is 11.8. The first-order chi connectivity index (χ1) is 8.25. The number of aliphatic hydroxyl groups excluding tert-OH is 1. The van der Waals surface area contributed by atoms with Crippen LogP contribution in [0.15, 0.2) is 41.1 Å². The number of hydrogen-bond acceptors (Lipinski definition) is 4. The molecule has 4 nitrogen and oxygen atoms in total. The van der Waals surface area contributed by atoms with Crippen LogP contribution in [0.4, 0.5) is 0 Å². The van der Waals surface area contributed by atoms with Crippen LogP contribution in [0.3, 0.4) is 0 Å². The average molecular weight is 232 g/mol. The minimum absolute atomic E-state index is 0.447. The molecule has 2 heterocycles. The van der Waals surface area contributed by atoms with E-state index in [1.165, 1.54) is 0 Å². The van der Waals surface area contributed by atoms with Crippen molar-refractivity contribution in [2.24, 2.45) is 0 Å². The zero-order valence-corrected chi connectivity index (χ0v) is 9.76. The predicted molar refractivity (Wildman–Crippen MR) is 64.3 cm³/mol. The highest BCUT2D eigenvalue weighted by Gasteiger charge is 2.09. The highest BCUT2D eigenvalue weighted by atomic mass is 16.4. The monoisotopic (exact) mass is 232 g/mol. The Balaban J connectivity index is 1.78. The largest absolute Gasteiger partial charge is 0.467 e. The fourth-order valence-electron chi connectivity index (χ4n) is 1.52. The highest BCUT2D eigenvalue weighted by Crippen LogP contribution is 2.11.